The number of carbonyl (C=O) groups excluding carboxylic acids is 2. The molecule has 0 aliphatic heterocycles. The van der Waals surface area contributed by atoms with Gasteiger partial charge in [0.25, 0.3) is 0 Å². The molecule has 0 spiro atoms. The molecule has 0 aromatic carbocycles. The molecular weight excluding hydrogens is 204 g/mol. The Labute approximate surface area is 94.2 Å². The quantitative estimate of drug-likeness (QED) is 0.495. The Hall–Kier alpha value is -1.38. The maximum atomic E-state index is 12.1. The third kappa shape index (κ3) is 0.938. The molecule has 0 unspecified atom stereocenters. The van der Waals surface area contributed by atoms with Crippen LogP contribution in [0.5, 0.6) is 0 Å². The molecule has 3 nitrogen and oxygen atoms in total. The molecule has 1 fully saturated rings. The molecule has 2 bridgehead atoms. The predicted molar refractivity (Wildman–Crippen MR) is 57.4 cm³/mol. The Balaban J connectivity index is 2.12. The zero-order valence-corrected chi connectivity index (χ0v) is 9.18. The maximum absolute atomic E-state index is 12.1. The molecular formula is C13H14O3. The third-order valence-corrected chi connectivity index (χ3v) is 4.37. The van der Waals surface area contributed by atoms with Gasteiger partial charge >= 0.3 is 5.97 Å². The van der Waals surface area contributed by atoms with E-state index in [4.69, 9.17) is 4.74 Å². The molecule has 0 aromatic rings. The fourth-order valence-electron chi connectivity index (χ4n) is 3.74. The van der Waals surface area contributed by atoms with Crippen molar-refractivity contribution in [2.24, 2.45) is 23.2 Å². The van der Waals surface area contributed by atoms with E-state index in [0.29, 0.717) is 6.42 Å². The number of rotatable bonds is 1. The molecule has 0 amide bonds. The Bertz CT molecular complexity index is 421. The molecule has 4 atom stereocenters. The summed E-state index contributed by atoms with van der Waals surface area (Å²) in [6.45, 7) is 0. The minimum absolute atomic E-state index is 0.0912. The smallest absolute Gasteiger partial charge is 0.313 e. The summed E-state index contributed by atoms with van der Waals surface area (Å²) in [5, 5.41) is 0. The fourth-order valence-corrected chi connectivity index (χ4v) is 3.74. The van der Waals surface area contributed by atoms with E-state index in [9.17, 15) is 9.59 Å². The highest BCUT2D eigenvalue weighted by Gasteiger charge is 2.63. The molecule has 0 heterocycles. The molecule has 3 aliphatic carbocycles. The highest BCUT2D eigenvalue weighted by Crippen LogP contribution is 2.60. The highest BCUT2D eigenvalue weighted by molar-refractivity contribution is 5.99. The van der Waals surface area contributed by atoms with Crippen LogP contribution in [0.4, 0.5) is 0 Å². The number of esters is 1. The molecule has 16 heavy (non-hydrogen) atoms. The van der Waals surface area contributed by atoms with Crippen LogP contribution >= 0.6 is 0 Å². The number of hydrogen-bond donors (Lipinski definition) is 0. The normalized spacial score (nSPS) is 43.6. The van der Waals surface area contributed by atoms with Crippen molar-refractivity contribution in [1.82, 2.24) is 0 Å². The van der Waals surface area contributed by atoms with Crippen LogP contribution < -0.4 is 0 Å². The van der Waals surface area contributed by atoms with E-state index in [1.807, 2.05) is 6.08 Å². The number of fused-ring (bicyclic) bond motifs is 5. The van der Waals surface area contributed by atoms with Crippen molar-refractivity contribution in [3.8, 4) is 0 Å². The van der Waals surface area contributed by atoms with Gasteiger partial charge in [0.2, 0.25) is 0 Å². The fraction of sp³-hybridized carbons (Fsp3) is 0.538. The van der Waals surface area contributed by atoms with Gasteiger partial charge in [0, 0.05) is 5.92 Å². The first-order valence-corrected chi connectivity index (χ1v) is 5.67. The van der Waals surface area contributed by atoms with Crippen LogP contribution in [0, 0.1) is 23.2 Å². The van der Waals surface area contributed by atoms with Crippen molar-refractivity contribution in [2.75, 3.05) is 7.11 Å². The Morgan fingerprint density at radius 3 is 3.06 bits per heavy atom. The van der Waals surface area contributed by atoms with Crippen molar-refractivity contribution >= 4 is 11.8 Å². The molecule has 3 aliphatic rings. The largest absolute Gasteiger partial charge is 0.469 e. The Kier molecular flexibility index (Phi) is 1.88. The summed E-state index contributed by atoms with van der Waals surface area (Å²) in [5.41, 5.74) is -0.597. The average molecular weight is 218 g/mol. The number of allylic oxidation sites excluding steroid dienone is 4. The van der Waals surface area contributed by atoms with Crippen LogP contribution in [-0.4, -0.2) is 18.9 Å². The molecule has 0 saturated heterocycles. The van der Waals surface area contributed by atoms with Crippen molar-refractivity contribution in [3.05, 3.63) is 24.3 Å². The number of ether oxygens (including phenoxy) is 1. The summed E-state index contributed by atoms with van der Waals surface area (Å²) >= 11 is 0. The molecule has 3 heteroatoms. The van der Waals surface area contributed by atoms with Gasteiger partial charge in [0.05, 0.1) is 12.5 Å². The minimum Gasteiger partial charge on any atom is -0.469 e. The third-order valence-electron chi connectivity index (χ3n) is 4.37. The van der Waals surface area contributed by atoms with Crippen LogP contribution in [0.3, 0.4) is 0 Å². The van der Waals surface area contributed by atoms with Crippen LogP contribution in [0.2, 0.25) is 0 Å². The lowest BCUT2D eigenvalue weighted by Gasteiger charge is -2.39. The number of carbonyl (C=O) groups is 2. The molecule has 84 valence electrons. The average Bonchev–Trinajstić information content (AvgIpc) is 2.88. The minimum atomic E-state index is -0.597. The van der Waals surface area contributed by atoms with Gasteiger partial charge in [-0.1, -0.05) is 18.2 Å². The van der Waals surface area contributed by atoms with Crippen LogP contribution in [0.15, 0.2) is 24.3 Å². The van der Waals surface area contributed by atoms with Crippen LogP contribution in [-0.2, 0) is 14.3 Å². The second-order valence-electron chi connectivity index (χ2n) is 4.91. The summed E-state index contributed by atoms with van der Waals surface area (Å²) in [6.07, 6.45) is 9.19. The van der Waals surface area contributed by atoms with Crippen LogP contribution in [0.25, 0.3) is 0 Å². The molecule has 1 saturated carbocycles. The lowest BCUT2D eigenvalue weighted by molar-refractivity contribution is -0.160. The van der Waals surface area contributed by atoms with Crippen molar-refractivity contribution in [1.29, 1.82) is 0 Å². The standard InChI is InChI=1S/C13H14O3/c1-16-12(15)13-6-2-3-10(14)11(13)8-4-5-9(13)7-8/h2-5,8-9,11H,6-7H2,1H3/t8-,9+,11+,13-/m0/s1. The van der Waals surface area contributed by atoms with Gasteiger partial charge in [-0.25, -0.2) is 0 Å². The second kappa shape index (κ2) is 3.06. The van der Waals surface area contributed by atoms with Gasteiger partial charge in [-0.05, 0) is 30.8 Å². The number of hydrogen-bond acceptors (Lipinski definition) is 3. The molecule has 3 rings (SSSR count). The van der Waals surface area contributed by atoms with E-state index in [2.05, 4.69) is 12.2 Å². The lowest BCUT2D eigenvalue weighted by Crippen LogP contribution is -2.47. The van der Waals surface area contributed by atoms with E-state index < -0.39 is 5.41 Å². The maximum Gasteiger partial charge on any atom is 0.313 e. The van der Waals surface area contributed by atoms with Crippen molar-refractivity contribution < 1.29 is 14.3 Å². The van der Waals surface area contributed by atoms with E-state index >= 15 is 0 Å². The molecule has 0 aromatic heterocycles. The topological polar surface area (TPSA) is 43.4 Å². The first-order valence-electron chi connectivity index (χ1n) is 5.67. The van der Waals surface area contributed by atoms with Gasteiger partial charge in [0.15, 0.2) is 5.78 Å². The highest BCUT2D eigenvalue weighted by atomic mass is 16.5. The lowest BCUT2D eigenvalue weighted by atomic mass is 9.62. The van der Waals surface area contributed by atoms with Gasteiger partial charge < -0.3 is 4.74 Å². The van der Waals surface area contributed by atoms with E-state index in [0.717, 1.165) is 6.42 Å². The van der Waals surface area contributed by atoms with E-state index in [1.54, 1.807) is 6.08 Å². The summed E-state index contributed by atoms with van der Waals surface area (Å²) in [6, 6.07) is 0. The first-order chi connectivity index (χ1) is 7.70. The summed E-state index contributed by atoms with van der Waals surface area (Å²) in [5.74, 6) is 0.117. The summed E-state index contributed by atoms with van der Waals surface area (Å²) < 4.78 is 4.94. The monoisotopic (exact) mass is 218 g/mol. The van der Waals surface area contributed by atoms with Crippen LogP contribution in [0.1, 0.15) is 12.8 Å². The summed E-state index contributed by atoms with van der Waals surface area (Å²) in [7, 11) is 1.41. The van der Waals surface area contributed by atoms with Crippen molar-refractivity contribution in [2.45, 2.75) is 12.8 Å². The summed E-state index contributed by atoms with van der Waals surface area (Å²) in [4.78, 5) is 24.0. The van der Waals surface area contributed by atoms with Gasteiger partial charge in [-0.3, -0.25) is 9.59 Å². The zero-order chi connectivity index (χ0) is 11.3. The SMILES string of the molecule is COC(=O)[C@]12CC=CC(=O)[C@H]1[C@H]1C=C[C@@H]2C1. The number of methoxy groups -OCH3 is 1. The Morgan fingerprint density at radius 1 is 1.50 bits per heavy atom. The van der Waals surface area contributed by atoms with Gasteiger partial charge in [-0.2, -0.15) is 0 Å². The van der Waals surface area contributed by atoms with E-state index in [-0.39, 0.29) is 29.5 Å². The van der Waals surface area contributed by atoms with Gasteiger partial charge in [0.1, 0.15) is 0 Å². The Morgan fingerprint density at radius 2 is 2.31 bits per heavy atom. The molecule has 0 N–H and O–H groups in total. The van der Waals surface area contributed by atoms with Crippen molar-refractivity contribution in [3.63, 3.8) is 0 Å². The van der Waals surface area contributed by atoms with E-state index in [1.165, 1.54) is 7.11 Å². The first kappa shape index (κ1) is 9.82. The second-order valence-corrected chi connectivity index (χ2v) is 4.91. The zero-order valence-electron chi connectivity index (χ0n) is 9.18. The molecule has 0 radical (unpaired) electrons. The number of ketones is 1. The van der Waals surface area contributed by atoms with Gasteiger partial charge in [-0.15, -0.1) is 0 Å². The predicted octanol–water partition coefficient (Wildman–Crippen LogP) is 1.50.